The highest BCUT2D eigenvalue weighted by atomic mass is 16.4. The second-order valence-corrected chi connectivity index (χ2v) is 2.48. The first kappa shape index (κ1) is 9.25. The molecule has 0 aliphatic carbocycles. The predicted molar refractivity (Wildman–Crippen MR) is 46.5 cm³/mol. The number of carbonyl (C=O) groups is 2. The summed E-state index contributed by atoms with van der Waals surface area (Å²) in [6.45, 7) is 1.36. The van der Waals surface area contributed by atoms with E-state index >= 15 is 0 Å². The highest BCUT2D eigenvalue weighted by Gasteiger charge is 2.03. The molecule has 0 aliphatic heterocycles. The van der Waals surface area contributed by atoms with Crippen LogP contribution in [0.1, 0.15) is 17.3 Å². The number of carboxylic acids is 1. The minimum atomic E-state index is -1.06. The first-order valence-electron chi connectivity index (χ1n) is 3.62. The number of hydrogen-bond acceptors (Lipinski definition) is 2. The number of aromatic carboxylic acids is 1. The van der Waals surface area contributed by atoms with Crippen LogP contribution >= 0.6 is 0 Å². The van der Waals surface area contributed by atoms with Crippen LogP contribution in [0.5, 0.6) is 0 Å². The van der Waals surface area contributed by atoms with Gasteiger partial charge in [0.05, 0.1) is 5.56 Å². The van der Waals surface area contributed by atoms with Gasteiger partial charge in [-0.25, -0.2) is 4.79 Å². The molecule has 0 saturated carbocycles. The minimum Gasteiger partial charge on any atom is -0.478 e. The van der Waals surface area contributed by atoms with Crippen molar-refractivity contribution >= 4 is 17.6 Å². The third kappa shape index (κ3) is 2.59. The zero-order chi connectivity index (χ0) is 9.84. The summed E-state index contributed by atoms with van der Waals surface area (Å²) in [4.78, 5) is 21.1. The third-order valence-electron chi connectivity index (χ3n) is 1.35. The summed E-state index contributed by atoms with van der Waals surface area (Å²) in [6.07, 6.45) is 0. The van der Waals surface area contributed by atoms with Gasteiger partial charge in [0, 0.05) is 12.6 Å². The minimum absolute atomic E-state index is 0.0336. The first-order chi connectivity index (χ1) is 6.09. The molecule has 0 unspecified atom stereocenters. The van der Waals surface area contributed by atoms with Crippen LogP contribution in [0.4, 0.5) is 5.69 Å². The molecule has 13 heavy (non-hydrogen) atoms. The number of hydrogen-bond donors (Lipinski definition) is 2. The van der Waals surface area contributed by atoms with Crippen LogP contribution < -0.4 is 5.32 Å². The normalized spacial score (nSPS) is 9.31. The van der Waals surface area contributed by atoms with Crippen LogP contribution in [0.3, 0.4) is 0 Å². The van der Waals surface area contributed by atoms with Gasteiger partial charge in [-0.3, -0.25) is 4.79 Å². The number of carboxylic acid groups (broad SMARTS) is 1. The Morgan fingerprint density at radius 2 is 2.23 bits per heavy atom. The van der Waals surface area contributed by atoms with Gasteiger partial charge < -0.3 is 10.4 Å². The lowest BCUT2D eigenvalue weighted by Gasteiger charge is -2.01. The summed E-state index contributed by atoms with van der Waals surface area (Å²) < 4.78 is 0. The van der Waals surface area contributed by atoms with Gasteiger partial charge in [0.1, 0.15) is 0 Å². The molecule has 0 aromatic heterocycles. The number of amides is 1. The Labute approximate surface area is 75.2 Å². The van der Waals surface area contributed by atoms with Gasteiger partial charge >= 0.3 is 5.97 Å². The molecule has 0 heterocycles. The van der Waals surface area contributed by atoms with Crippen LogP contribution in [-0.2, 0) is 4.79 Å². The Hall–Kier alpha value is -1.84. The van der Waals surface area contributed by atoms with Crippen molar-refractivity contribution in [2.24, 2.45) is 0 Å². The molecule has 0 fully saturated rings. The summed E-state index contributed by atoms with van der Waals surface area (Å²) in [5.74, 6) is -1.30. The fraction of sp³-hybridized carbons (Fsp3) is 0.111. The third-order valence-corrected chi connectivity index (χ3v) is 1.35. The molecule has 0 aliphatic rings. The smallest absolute Gasteiger partial charge is 0.336 e. The average Bonchev–Trinajstić information content (AvgIpc) is 2.03. The SMILES string of the molecule is CC(=O)Nc1cc[c]c(C(=O)O)c1. The van der Waals surface area contributed by atoms with Crippen molar-refractivity contribution in [2.75, 3.05) is 5.32 Å². The molecular formula is C9H8NO3. The molecule has 4 heteroatoms. The second-order valence-electron chi connectivity index (χ2n) is 2.48. The lowest BCUT2D eigenvalue weighted by Crippen LogP contribution is -2.06. The summed E-state index contributed by atoms with van der Waals surface area (Å²) >= 11 is 0. The van der Waals surface area contributed by atoms with Gasteiger partial charge in [0.15, 0.2) is 0 Å². The monoisotopic (exact) mass is 178 g/mol. The van der Waals surface area contributed by atoms with Gasteiger partial charge in [-0.2, -0.15) is 0 Å². The summed E-state index contributed by atoms with van der Waals surface area (Å²) in [6, 6.07) is 6.91. The topological polar surface area (TPSA) is 66.4 Å². The van der Waals surface area contributed by atoms with E-state index in [0.717, 1.165) is 0 Å². The molecule has 1 rings (SSSR count). The zero-order valence-electron chi connectivity index (χ0n) is 7.00. The highest BCUT2D eigenvalue weighted by Crippen LogP contribution is 2.09. The fourth-order valence-corrected chi connectivity index (χ4v) is 0.871. The Balaban J connectivity index is 2.91. The molecular weight excluding hydrogens is 170 g/mol. The van der Waals surface area contributed by atoms with E-state index < -0.39 is 5.97 Å². The quantitative estimate of drug-likeness (QED) is 0.713. The molecule has 1 amide bonds. The van der Waals surface area contributed by atoms with Crippen molar-refractivity contribution in [1.29, 1.82) is 0 Å². The maximum absolute atomic E-state index is 10.6. The lowest BCUT2D eigenvalue weighted by molar-refractivity contribution is -0.114. The molecule has 0 saturated heterocycles. The number of rotatable bonds is 2. The molecule has 0 atom stereocenters. The molecule has 0 bridgehead atoms. The molecule has 67 valence electrons. The van der Waals surface area contributed by atoms with E-state index in [2.05, 4.69) is 11.4 Å². The maximum atomic E-state index is 10.6. The number of nitrogens with one attached hydrogen (secondary N) is 1. The standard InChI is InChI=1S/C9H8NO3/c1-6(11)10-8-4-2-3-7(5-8)9(12)13/h2,4-5H,1H3,(H,10,11)(H,12,13). The van der Waals surface area contributed by atoms with Crippen molar-refractivity contribution < 1.29 is 14.7 Å². The Kier molecular flexibility index (Phi) is 2.64. The van der Waals surface area contributed by atoms with E-state index in [9.17, 15) is 9.59 Å². The van der Waals surface area contributed by atoms with Crippen LogP contribution in [0.25, 0.3) is 0 Å². The first-order valence-corrected chi connectivity index (χ1v) is 3.62. The summed E-state index contributed by atoms with van der Waals surface area (Å²) in [5, 5.41) is 11.1. The highest BCUT2D eigenvalue weighted by molar-refractivity contribution is 5.92. The molecule has 1 radical (unpaired) electrons. The van der Waals surface area contributed by atoms with Crippen LogP contribution in [0.2, 0.25) is 0 Å². The van der Waals surface area contributed by atoms with Crippen molar-refractivity contribution in [3.05, 3.63) is 29.8 Å². The second kappa shape index (κ2) is 3.71. The summed E-state index contributed by atoms with van der Waals surface area (Å²) in [7, 11) is 0. The molecule has 2 N–H and O–H groups in total. The number of anilines is 1. The van der Waals surface area contributed by atoms with E-state index in [1.54, 1.807) is 6.07 Å². The van der Waals surface area contributed by atoms with E-state index in [4.69, 9.17) is 5.11 Å². The van der Waals surface area contributed by atoms with Crippen molar-refractivity contribution in [3.8, 4) is 0 Å². The lowest BCUT2D eigenvalue weighted by atomic mass is 10.2. The van der Waals surface area contributed by atoms with Crippen molar-refractivity contribution in [2.45, 2.75) is 6.92 Å². The molecule has 0 spiro atoms. The molecule has 1 aromatic rings. The predicted octanol–water partition coefficient (Wildman–Crippen LogP) is 1.14. The van der Waals surface area contributed by atoms with Crippen molar-refractivity contribution in [1.82, 2.24) is 0 Å². The fourth-order valence-electron chi connectivity index (χ4n) is 0.871. The Morgan fingerprint density at radius 1 is 1.54 bits per heavy atom. The maximum Gasteiger partial charge on any atom is 0.336 e. The van der Waals surface area contributed by atoms with E-state index in [1.165, 1.54) is 19.1 Å². The largest absolute Gasteiger partial charge is 0.478 e. The molecule has 4 nitrogen and oxygen atoms in total. The van der Waals surface area contributed by atoms with Gasteiger partial charge in [-0.15, -0.1) is 0 Å². The zero-order valence-corrected chi connectivity index (χ0v) is 7.00. The number of carbonyl (C=O) groups excluding carboxylic acids is 1. The molecule has 1 aromatic carbocycles. The number of benzene rings is 1. The van der Waals surface area contributed by atoms with Gasteiger partial charge in [0.25, 0.3) is 0 Å². The Bertz CT molecular complexity index is 346. The van der Waals surface area contributed by atoms with Gasteiger partial charge in [0.2, 0.25) is 5.91 Å². The van der Waals surface area contributed by atoms with E-state index in [1.807, 2.05) is 0 Å². The summed E-state index contributed by atoms with van der Waals surface area (Å²) in [5.41, 5.74) is 0.495. The average molecular weight is 178 g/mol. The van der Waals surface area contributed by atoms with E-state index in [-0.39, 0.29) is 11.5 Å². The van der Waals surface area contributed by atoms with Gasteiger partial charge in [-0.05, 0) is 18.2 Å². The van der Waals surface area contributed by atoms with Crippen LogP contribution in [-0.4, -0.2) is 17.0 Å². The van der Waals surface area contributed by atoms with Crippen molar-refractivity contribution in [3.63, 3.8) is 0 Å². The van der Waals surface area contributed by atoms with Gasteiger partial charge in [-0.1, -0.05) is 6.07 Å². The van der Waals surface area contributed by atoms with E-state index in [0.29, 0.717) is 5.69 Å². The Morgan fingerprint density at radius 3 is 2.77 bits per heavy atom. The van der Waals surface area contributed by atoms with Crippen LogP contribution in [0, 0.1) is 6.07 Å². The van der Waals surface area contributed by atoms with Crippen LogP contribution in [0.15, 0.2) is 18.2 Å².